The van der Waals surface area contributed by atoms with E-state index >= 15 is 0 Å². The molecule has 0 aromatic heterocycles. The van der Waals surface area contributed by atoms with E-state index in [4.69, 9.17) is 9.84 Å². The second-order valence-electron chi connectivity index (χ2n) is 12.0. The lowest BCUT2D eigenvalue weighted by molar-refractivity contribution is -0.141. The molecule has 0 fully saturated rings. The van der Waals surface area contributed by atoms with Crippen molar-refractivity contribution in [2.45, 2.75) is 128 Å². The van der Waals surface area contributed by atoms with E-state index in [9.17, 15) is 29.7 Å². The zero-order valence-corrected chi connectivity index (χ0v) is 28.6. The van der Waals surface area contributed by atoms with E-state index in [0.717, 1.165) is 44.1 Å². The fourth-order valence-electron chi connectivity index (χ4n) is 4.90. The predicted octanol–water partition coefficient (Wildman–Crippen LogP) is 5.34. The average Bonchev–Trinajstić information content (AvgIpc) is 2.95. The second-order valence-corrected chi connectivity index (χ2v) is 13.4. The molecule has 0 saturated heterocycles. The number of aliphatic hydroxyl groups is 3. The average molecular weight is 677 g/mol. The Kier molecular flexibility index (Phi) is 23.8. The van der Waals surface area contributed by atoms with Crippen molar-refractivity contribution in [1.29, 1.82) is 0 Å². The van der Waals surface area contributed by atoms with Crippen molar-refractivity contribution in [1.82, 2.24) is 5.32 Å². The van der Waals surface area contributed by atoms with Crippen molar-refractivity contribution in [2.24, 2.45) is 17.8 Å². The lowest BCUT2D eigenvalue weighted by Crippen LogP contribution is -2.39. The van der Waals surface area contributed by atoms with E-state index < -0.39 is 24.3 Å². The minimum absolute atomic E-state index is 0.00128. The summed E-state index contributed by atoms with van der Waals surface area (Å²) >= 11 is 3.15. The second kappa shape index (κ2) is 24.7. The van der Waals surface area contributed by atoms with Crippen molar-refractivity contribution < 1.29 is 39.5 Å². The third-order valence-corrected chi connectivity index (χ3v) is 8.19. The number of halogens is 1. The molecule has 0 aromatic carbocycles. The summed E-state index contributed by atoms with van der Waals surface area (Å²) in [6.07, 6.45) is 11.1. The SMILES string of the molecule is CC[C@@H](/C=C/C=C(/CC[C@@H](O)[C@@H](O)C[C@H](O)CNC(=O)C(C)Br)COC)CCCC(=O)CCCC[C@@H](C)C[C@H](C)C(=O)O. The number of ketones is 1. The summed E-state index contributed by atoms with van der Waals surface area (Å²) in [5, 5.41) is 42.4. The first kappa shape index (κ1) is 41.4. The van der Waals surface area contributed by atoms with Crippen LogP contribution in [0.1, 0.15) is 105 Å². The molecule has 7 atom stereocenters. The smallest absolute Gasteiger partial charge is 0.306 e. The lowest BCUT2D eigenvalue weighted by Gasteiger charge is -2.21. The van der Waals surface area contributed by atoms with Gasteiger partial charge in [0.1, 0.15) is 5.78 Å². The Labute approximate surface area is 267 Å². The number of carbonyl (C=O) groups excluding carboxylic acids is 2. The van der Waals surface area contributed by atoms with Gasteiger partial charge >= 0.3 is 5.97 Å². The number of amides is 1. The zero-order valence-electron chi connectivity index (χ0n) is 27.0. The molecule has 0 aromatic rings. The molecule has 1 unspecified atom stereocenters. The number of rotatable bonds is 26. The largest absolute Gasteiger partial charge is 0.481 e. The third kappa shape index (κ3) is 21.7. The molecular weight excluding hydrogens is 618 g/mol. The van der Waals surface area contributed by atoms with Gasteiger partial charge in [0.05, 0.1) is 35.7 Å². The molecule has 0 rings (SSSR count). The van der Waals surface area contributed by atoms with Gasteiger partial charge < -0.3 is 30.5 Å². The zero-order chi connectivity index (χ0) is 32.8. The summed E-state index contributed by atoms with van der Waals surface area (Å²) in [5.74, 6) is -0.337. The number of aliphatic hydroxyl groups excluding tert-OH is 3. The van der Waals surface area contributed by atoms with Crippen LogP contribution < -0.4 is 5.32 Å². The summed E-state index contributed by atoms with van der Waals surface area (Å²) in [4.78, 5) is 34.5. The first-order chi connectivity index (χ1) is 20.3. The van der Waals surface area contributed by atoms with Gasteiger partial charge in [-0.2, -0.15) is 0 Å². The molecule has 0 aliphatic carbocycles. The van der Waals surface area contributed by atoms with E-state index in [-0.39, 0.29) is 29.6 Å². The van der Waals surface area contributed by atoms with E-state index in [2.05, 4.69) is 41.2 Å². The normalized spacial score (nSPS) is 17.2. The van der Waals surface area contributed by atoms with Crippen molar-refractivity contribution >= 4 is 33.6 Å². The maximum absolute atomic E-state index is 12.3. The van der Waals surface area contributed by atoms with Crippen molar-refractivity contribution in [3.63, 3.8) is 0 Å². The molecule has 0 bridgehead atoms. The number of Topliss-reactive ketones (excluding diaryl/α,β-unsaturated/α-hetero) is 1. The van der Waals surface area contributed by atoms with Crippen LogP contribution in [0, 0.1) is 17.8 Å². The number of ether oxygens (including phenoxy) is 1. The van der Waals surface area contributed by atoms with Gasteiger partial charge in [0.2, 0.25) is 5.91 Å². The summed E-state index contributed by atoms with van der Waals surface area (Å²) in [6.45, 7) is 8.02. The fraction of sp³-hybridized carbons (Fsp3) is 0.788. The number of unbranched alkanes of at least 4 members (excludes halogenated alkanes) is 1. The quantitative estimate of drug-likeness (QED) is 0.0468. The molecule has 9 nitrogen and oxygen atoms in total. The maximum atomic E-state index is 12.3. The number of nitrogens with one attached hydrogen (secondary N) is 1. The van der Waals surface area contributed by atoms with Gasteiger partial charge in [0.25, 0.3) is 0 Å². The van der Waals surface area contributed by atoms with E-state index in [1.165, 1.54) is 0 Å². The van der Waals surface area contributed by atoms with Gasteiger partial charge in [-0.1, -0.05) is 67.8 Å². The summed E-state index contributed by atoms with van der Waals surface area (Å²) < 4.78 is 5.30. The Morgan fingerprint density at radius 2 is 1.58 bits per heavy atom. The predicted molar refractivity (Wildman–Crippen MR) is 174 cm³/mol. The summed E-state index contributed by atoms with van der Waals surface area (Å²) in [6, 6.07) is 0. The van der Waals surface area contributed by atoms with E-state index in [1.54, 1.807) is 21.0 Å². The number of carbonyl (C=O) groups is 3. The first-order valence-electron chi connectivity index (χ1n) is 15.9. The standard InChI is InChI=1S/C33H58BrNO8/c1-6-26(13-10-16-28(36)15-8-7-11-23(2)19-24(3)33(41)42)12-9-14-27(22-43-5)17-18-30(38)31(39)20-29(37)21-35-32(40)25(4)34/h9,12,14,23-26,29-31,37-39H,6-8,10-11,13,15-22H2,1-5H3,(H,35,40)(H,41,42)/b12-9+,27-14-/t23-,24+,25?,26+,29+,30-,31+/m1/s1. The first-order valence-corrected chi connectivity index (χ1v) is 16.8. The number of carboxylic acids is 1. The molecular formula is C33H58BrNO8. The minimum Gasteiger partial charge on any atom is -0.481 e. The molecule has 43 heavy (non-hydrogen) atoms. The van der Waals surface area contributed by atoms with Crippen molar-refractivity contribution in [3.8, 4) is 0 Å². The topological polar surface area (TPSA) is 153 Å². The fourth-order valence-corrected chi connectivity index (χ4v) is 5.06. The van der Waals surface area contributed by atoms with Crippen LogP contribution in [0.3, 0.4) is 0 Å². The van der Waals surface area contributed by atoms with Crippen LogP contribution in [0.25, 0.3) is 0 Å². The monoisotopic (exact) mass is 675 g/mol. The Balaban J connectivity index is 4.48. The number of aliphatic carboxylic acids is 1. The van der Waals surface area contributed by atoms with Crippen LogP contribution >= 0.6 is 15.9 Å². The Bertz CT molecular complexity index is 847. The minimum atomic E-state index is -1.11. The van der Waals surface area contributed by atoms with Gasteiger partial charge in [0, 0.05) is 32.9 Å². The Hall–Kier alpha value is -1.59. The number of hydrogen-bond acceptors (Lipinski definition) is 7. The molecule has 0 spiro atoms. The highest BCUT2D eigenvalue weighted by Gasteiger charge is 2.21. The highest BCUT2D eigenvalue weighted by Crippen LogP contribution is 2.20. The number of methoxy groups -OCH3 is 1. The highest BCUT2D eigenvalue weighted by atomic mass is 79.9. The molecule has 0 radical (unpaired) electrons. The van der Waals surface area contributed by atoms with Crippen LogP contribution in [-0.2, 0) is 19.1 Å². The molecule has 0 aliphatic heterocycles. The van der Waals surface area contributed by atoms with Crippen LogP contribution in [0.5, 0.6) is 0 Å². The van der Waals surface area contributed by atoms with E-state index in [0.29, 0.717) is 56.3 Å². The van der Waals surface area contributed by atoms with Gasteiger partial charge in [0.15, 0.2) is 0 Å². The number of alkyl halides is 1. The summed E-state index contributed by atoms with van der Waals surface area (Å²) in [7, 11) is 1.60. The third-order valence-electron chi connectivity index (χ3n) is 7.77. The number of allylic oxidation sites excluding steroid dienone is 3. The van der Waals surface area contributed by atoms with Crippen LogP contribution in [0.15, 0.2) is 23.8 Å². The molecule has 5 N–H and O–H groups in total. The molecule has 1 amide bonds. The summed E-state index contributed by atoms with van der Waals surface area (Å²) in [5.41, 5.74) is 0.973. The van der Waals surface area contributed by atoms with Gasteiger partial charge in [-0.05, 0) is 69.3 Å². The number of carboxylic acid groups (broad SMARTS) is 1. The molecule has 0 saturated carbocycles. The van der Waals surface area contributed by atoms with Crippen molar-refractivity contribution in [3.05, 3.63) is 23.8 Å². The molecule has 10 heteroatoms. The Morgan fingerprint density at radius 3 is 2.19 bits per heavy atom. The van der Waals surface area contributed by atoms with Crippen LogP contribution in [-0.4, -0.2) is 81.5 Å². The van der Waals surface area contributed by atoms with Gasteiger partial charge in [-0.25, -0.2) is 0 Å². The molecule has 250 valence electrons. The van der Waals surface area contributed by atoms with Crippen LogP contribution in [0.4, 0.5) is 0 Å². The van der Waals surface area contributed by atoms with Crippen molar-refractivity contribution in [2.75, 3.05) is 20.3 Å². The van der Waals surface area contributed by atoms with Gasteiger partial charge in [-0.3, -0.25) is 14.4 Å². The number of hydrogen-bond donors (Lipinski definition) is 5. The lowest BCUT2D eigenvalue weighted by atomic mass is 9.92. The van der Waals surface area contributed by atoms with Crippen LogP contribution in [0.2, 0.25) is 0 Å². The van der Waals surface area contributed by atoms with E-state index in [1.807, 2.05) is 12.2 Å². The maximum Gasteiger partial charge on any atom is 0.306 e. The molecule has 0 heterocycles. The van der Waals surface area contributed by atoms with Gasteiger partial charge in [-0.15, -0.1) is 0 Å². The molecule has 0 aliphatic rings. The highest BCUT2D eigenvalue weighted by molar-refractivity contribution is 9.10. The Morgan fingerprint density at radius 1 is 0.907 bits per heavy atom.